The lowest BCUT2D eigenvalue weighted by atomic mass is 10.2. The van der Waals surface area contributed by atoms with Crippen molar-refractivity contribution in [2.24, 2.45) is 0 Å². The third-order valence-electron chi connectivity index (χ3n) is 2.86. The zero-order valence-electron chi connectivity index (χ0n) is 10.8. The van der Waals surface area contributed by atoms with E-state index in [0.717, 1.165) is 16.7 Å². The highest BCUT2D eigenvalue weighted by Gasteiger charge is 2.37. The molecule has 0 radical (unpaired) electrons. The highest BCUT2D eigenvalue weighted by molar-refractivity contribution is 8.26. The molecule has 1 aromatic rings. The number of aliphatic hydroxyl groups is 1. The Morgan fingerprint density at radius 1 is 1.45 bits per heavy atom. The monoisotopic (exact) mass is 376 g/mol. The number of carboxylic acids is 1. The number of benzene rings is 1. The van der Waals surface area contributed by atoms with Crippen LogP contribution in [0.25, 0.3) is 6.08 Å². The molecule has 1 aliphatic rings. The molecule has 0 saturated carbocycles. The lowest BCUT2D eigenvalue weighted by molar-refractivity contribution is -0.311. The van der Waals surface area contributed by atoms with E-state index < -0.39 is 24.5 Å². The van der Waals surface area contributed by atoms with Crippen LogP contribution < -0.4 is 5.11 Å². The maximum absolute atomic E-state index is 12.3. The molecule has 1 saturated heterocycles. The van der Waals surface area contributed by atoms with Gasteiger partial charge in [0.2, 0.25) is 0 Å². The Hall–Kier alpha value is -1.12. The number of aliphatic hydroxyl groups excluding tert-OH is 1. The van der Waals surface area contributed by atoms with E-state index in [1.165, 1.54) is 6.08 Å². The van der Waals surface area contributed by atoms with Crippen molar-refractivity contribution >= 4 is 69.5 Å². The predicted molar refractivity (Wildman–Crippen MR) is 87.4 cm³/mol. The molecule has 0 unspecified atom stereocenters. The molecular formula is C13H8Cl2NO4S2-. The minimum atomic E-state index is -1.59. The van der Waals surface area contributed by atoms with Gasteiger partial charge in [0.05, 0.1) is 17.5 Å². The zero-order valence-corrected chi connectivity index (χ0v) is 13.9. The van der Waals surface area contributed by atoms with Crippen LogP contribution in [0, 0.1) is 0 Å². The molecule has 22 heavy (non-hydrogen) atoms. The van der Waals surface area contributed by atoms with Gasteiger partial charge in [0.25, 0.3) is 5.91 Å². The molecule has 0 spiro atoms. The Balaban J connectivity index is 2.40. The highest BCUT2D eigenvalue weighted by Crippen LogP contribution is 2.36. The van der Waals surface area contributed by atoms with Crippen molar-refractivity contribution in [3.63, 3.8) is 0 Å². The molecule has 1 aliphatic heterocycles. The molecule has 5 nitrogen and oxygen atoms in total. The smallest absolute Gasteiger partial charge is 0.266 e. The predicted octanol–water partition coefficient (Wildman–Crippen LogP) is 1.31. The molecule has 0 bridgehead atoms. The van der Waals surface area contributed by atoms with E-state index in [-0.39, 0.29) is 9.23 Å². The summed E-state index contributed by atoms with van der Waals surface area (Å²) < 4.78 is 0.0164. The Morgan fingerprint density at radius 2 is 2.05 bits per heavy atom. The first-order valence-corrected chi connectivity index (χ1v) is 7.87. The zero-order chi connectivity index (χ0) is 16.4. The molecule has 0 aromatic heterocycles. The van der Waals surface area contributed by atoms with E-state index in [2.05, 4.69) is 0 Å². The van der Waals surface area contributed by atoms with Crippen molar-refractivity contribution < 1.29 is 19.8 Å². The minimum absolute atomic E-state index is 0.0164. The van der Waals surface area contributed by atoms with Crippen molar-refractivity contribution in [1.29, 1.82) is 0 Å². The van der Waals surface area contributed by atoms with Gasteiger partial charge in [-0.05, 0) is 18.2 Å². The minimum Gasteiger partial charge on any atom is -0.548 e. The number of carboxylic acid groups (broad SMARTS) is 1. The van der Waals surface area contributed by atoms with Crippen molar-refractivity contribution in [3.05, 3.63) is 38.7 Å². The SMILES string of the molecule is O=C([O-])[C@@H](CO)N1C(=O)/C(=C/c2c(Cl)cccc2Cl)SC1=S. The van der Waals surface area contributed by atoms with E-state index >= 15 is 0 Å². The molecular weight excluding hydrogens is 369 g/mol. The second-order valence-electron chi connectivity index (χ2n) is 4.20. The maximum Gasteiger partial charge on any atom is 0.266 e. The molecule has 9 heteroatoms. The van der Waals surface area contributed by atoms with Gasteiger partial charge in [0.1, 0.15) is 10.4 Å². The number of hydrogen-bond donors (Lipinski definition) is 1. The van der Waals surface area contributed by atoms with E-state index in [0.29, 0.717) is 15.6 Å². The molecule has 0 aliphatic carbocycles. The molecule has 1 heterocycles. The van der Waals surface area contributed by atoms with Crippen LogP contribution in [0.15, 0.2) is 23.1 Å². The lowest BCUT2D eigenvalue weighted by Crippen LogP contribution is -2.51. The molecule has 1 amide bonds. The summed E-state index contributed by atoms with van der Waals surface area (Å²) in [6.45, 7) is -0.797. The molecule has 1 atom stereocenters. The number of rotatable bonds is 4. The van der Waals surface area contributed by atoms with Crippen LogP contribution in [-0.4, -0.2) is 38.9 Å². The molecule has 2 rings (SSSR count). The van der Waals surface area contributed by atoms with Crippen LogP contribution in [0.4, 0.5) is 0 Å². The number of thiocarbonyl (C=S) groups is 1. The Labute approximate surface area is 145 Å². The van der Waals surface area contributed by atoms with E-state index in [4.69, 9.17) is 40.5 Å². The summed E-state index contributed by atoms with van der Waals surface area (Å²) in [5, 5.41) is 20.8. The second kappa shape index (κ2) is 6.97. The van der Waals surface area contributed by atoms with Crippen LogP contribution in [-0.2, 0) is 9.59 Å². The molecule has 1 aromatic carbocycles. The third-order valence-corrected chi connectivity index (χ3v) is 4.84. The first-order valence-electron chi connectivity index (χ1n) is 5.89. The number of thioether (sulfide) groups is 1. The summed E-state index contributed by atoms with van der Waals surface area (Å²) in [6, 6.07) is 3.35. The van der Waals surface area contributed by atoms with Crippen molar-refractivity contribution in [3.8, 4) is 0 Å². The van der Waals surface area contributed by atoms with Gasteiger partial charge in [-0.25, -0.2) is 0 Å². The van der Waals surface area contributed by atoms with Gasteiger partial charge >= 0.3 is 0 Å². The van der Waals surface area contributed by atoms with Crippen LogP contribution in [0.5, 0.6) is 0 Å². The number of carbonyl (C=O) groups is 2. The quantitative estimate of drug-likeness (QED) is 0.630. The highest BCUT2D eigenvalue weighted by atomic mass is 35.5. The van der Waals surface area contributed by atoms with E-state index in [1.54, 1.807) is 18.2 Å². The first kappa shape index (κ1) is 17.2. The number of halogens is 2. The average molecular weight is 377 g/mol. The van der Waals surface area contributed by atoms with Gasteiger partial charge in [0, 0.05) is 15.6 Å². The van der Waals surface area contributed by atoms with Gasteiger partial charge in [-0.15, -0.1) is 0 Å². The normalized spacial score (nSPS) is 18.1. The molecule has 1 fully saturated rings. The Morgan fingerprint density at radius 3 is 2.55 bits per heavy atom. The van der Waals surface area contributed by atoms with Crippen LogP contribution >= 0.6 is 47.2 Å². The summed E-state index contributed by atoms with van der Waals surface area (Å²) in [7, 11) is 0. The van der Waals surface area contributed by atoms with Gasteiger partial charge in [-0.1, -0.05) is 53.2 Å². The van der Waals surface area contributed by atoms with E-state index in [9.17, 15) is 14.7 Å². The summed E-state index contributed by atoms with van der Waals surface area (Å²) in [5.41, 5.74) is 0.431. The first-order chi connectivity index (χ1) is 10.4. The number of hydrogen-bond acceptors (Lipinski definition) is 6. The van der Waals surface area contributed by atoms with Gasteiger partial charge in [-0.2, -0.15) is 0 Å². The number of carbonyl (C=O) groups excluding carboxylic acids is 2. The fraction of sp³-hybridized carbons (Fsp3) is 0.154. The van der Waals surface area contributed by atoms with Crippen molar-refractivity contribution in [1.82, 2.24) is 4.90 Å². The van der Waals surface area contributed by atoms with Gasteiger partial charge < -0.3 is 15.0 Å². The second-order valence-corrected chi connectivity index (χ2v) is 6.69. The Bertz CT molecular complexity index is 672. The van der Waals surface area contributed by atoms with Crippen LogP contribution in [0.1, 0.15) is 5.56 Å². The summed E-state index contributed by atoms with van der Waals surface area (Å²) in [5.74, 6) is -2.23. The fourth-order valence-electron chi connectivity index (χ4n) is 1.79. The fourth-order valence-corrected chi connectivity index (χ4v) is 3.63. The van der Waals surface area contributed by atoms with Crippen molar-refractivity contribution in [2.45, 2.75) is 6.04 Å². The molecule has 116 valence electrons. The van der Waals surface area contributed by atoms with Gasteiger partial charge in [0.15, 0.2) is 0 Å². The number of aliphatic carboxylic acids is 1. The van der Waals surface area contributed by atoms with E-state index in [1.807, 2.05) is 0 Å². The maximum atomic E-state index is 12.3. The average Bonchev–Trinajstić information content (AvgIpc) is 2.71. The Kier molecular flexibility index (Phi) is 5.46. The van der Waals surface area contributed by atoms with Crippen LogP contribution in [0.3, 0.4) is 0 Å². The third kappa shape index (κ3) is 3.28. The molecule has 1 N–H and O–H groups in total. The number of nitrogens with zero attached hydrogens (tertiary/aromatic N) is 1. The summed E-state index contributed by atoms with van der Waals surface area (Å²) >= 11 is 18.0. The standard InChI is InChI=1S/C13H9Cl2NO4S2/c14-7-2-1-3-8(15)6(7)4-10-11(18)16(13(21)22-10)9(5-17)12(19)20/h1-4,9,17H,5H2,(H,19,20)/p-1/b10-4-/t9-/m1/s1. The summed E-state index contributed by atoms with van der Waals surface area (Å²) in [6.07, 6.45) is 1.44. The van der Waals surface area contributed by atoms with Gasteiger partial charge in [-0.3, -0.25) is 9.69 Å². The topological polar surface area (TPSA) is 80.7 Å². The van der Waals surface area contributed by atoms with Crippen LogP contribution in [0.2, 0.25) is 10.0 Å². The number of amides is 1. The lowest BCUT2D eigenvalue weighted by Gasteiger charge is -2.25. The largest absolute Gasteiger partial charge is 0.548 e. The summed E-state index contributed by atoms with van der Waals surface area (Å²) in [4.78, 5) is 24.3. The van der Waals surface area contributed by atoms with Crippen molar-refractivity contribution in [2.75, 3.05) is 6.61 Å².